The zero-order chi connectivity index (χ0) is 15.8. The fourth-order valence-electron chi connectivity index (χ4n) is 1.84. The Hall–Kier alpha value is -1.37. The summed E-state index contributed by atoms with van der Waals surface area (Å²) >= 11 is 3.28. The van der Waals surface area contributed by atoms with Crippen LogP contribution in [0.25, 0.3) is 0 Å². The summed E-state index contributed by atoms with van der Waals surface area (Å²) < 4.78 is 33.1. The van der Waals surface area contributed by atoms with Crippen LogP contribution in [0.1, 0.15) is 12.8 Å². The maximum atomic E-state index is 12.0. The van der Waals surface area contributed by atoms with Gasteiger partial charge in [-0.25, -0.2) is 13.1 Å². The van der Waals surface area contributed by atoms with Gasteiger partial charge in [-0.15, -0.1) is 0 Å². The van der Waals surface area contributed by atoms with Crippen LogP contribution < -0.4 is 9.46 Å². The fraction of sp³-hybridized carbons (Fsp3) is 0.250. The third-order valence-corrected chi connectivity index (χ3v) is 5.00. The third kappa shape index (κ3) is 5.44. The van der Waals surface area contributed by atoms with E-state index in [9.17, 15) is 8.42 Å². The van der Waals surface area contributed by atoms with E-state index in [4.69, 9.17) is 4.74 Å². The first-order valence-corrected chi connectivity index (χ1v) is 9.29. The smallest absolute Gasteiger partial charge is 0.240 e. The van der Waals surface area contributed by atoms with Crippen molar-refractivity contribution in [3.05, 3.63) is 59.1 Å². The monoisotopic (exact) mass is 383 g/mol. The van der Waals surface area contributed by atoms with Gasteiger partial charge >= 0.3 is 0 Å². The maximum Gasteiger partial charge on any atom is 0.240 e. The van der Waals surface area contributed by atoms with Crippen molar-refractivity contribution in [2.45, 2.75) is 17.7 Å². The molecule has 22 heavy (non-hydrogen) atoms. The van der Waals surface area contributed by atoms with Gasteiger partial charge in [0.05, 0.1) is 11.5 Å². The lowest BCUT2D eigenvalue weighted by Crippen LogP contribution is -2.25. The highest BCUT2D eigenvalue weighted by Gasteiger charge is 2.12. The van der Waals surface area contributed by atoms with Crippen molar-refractivity contribution in [1.29, 1.82) is 0 Å². The Morgan fingerprint density at radius 2 is 1.64 bits per heavy atom. The molecule has 0 heterocycles. The Bertz CT molecular complexity index is 672. The molecule has 118 valence electrons. The minimum Gasteiger partial charge on any atom is -0.494 e. The van der Waals surface area contributed by atoms with Gasteiger partial charge in [0.2, 0.25) is 10.0 Å². The van der Waals surface area contributed by atoms with Crippen LogP contribution in [0.4, 0.5) is 0 Å². The number of ether oxygens (including phenoxy) is 1. The van der Waals surface area contributed by atoms with Gasteiger partial charge in [0, 0.05) is 11.0 Å². The SMILES string of the molecule is O=S(=O)(NCCCCOc1ccccc1)c1ccc(Br)cc1. The molecule has 0 saturated heterocycles. The minimum atomic E-state index is -3.43. The molecule has 0 unspecified atom stereocenters. The average molecular weight is 384 g/mol. The first-order valence-electron chi connectivity index (χ1n) is 7.01. The van der Waals surface area contributed by atoms with Gasteiger partial charge in [-0.2, -0.15) is 0 Å². The summed E-state index contributed by atoms with van der Waals surface area (Å²) in [6.07, 6.45) is 1.51. The first-order chi connectivity index (χ1) is 10.6. The van der Waals surface area contributed by atoms with E-state index >= 15 is 0 Å². The van der Waals surface area contributed by atoms with Crippen LogP contribution in [0.2, 0.25) is 0 Å². The Morgan fingerprint density at radius 3 is 2.32 bits per heavy atom. The molecule has 1 N–H and O–H groups in total. The predicted octanol–water partition coefficient (Wildman–Crippen LogP) is 3.59. The highest BCUT2D eigenvalue weighted by molar-refractivity contribution is 9.10. The normalized spacial score (nSPS) is 11.3. The second kappa shape index (κ2) is 8.31. The molecule has 6 heteroatoms. The Balaban J connectivity index is 1.68. The molecule has 0 aliphatic heterocycles. The Kier molecular flexibility index (Phi) is 6.42. The molecule has 0 atom stereocenters. The maximum absolute atomic E-state index is 12.0. The van der Waals surface area contributed by atoms with Gasteiger partial charge in [0.15, 0.2) is 0 Å². The summed E-state index contributed by atoms with van der Waals surface area (Å²) in [5.41, 5.74) is 0. The van der Waals surface area contributed by atoms with Crippen molar-refractivity contribution in [2.75, 3.05) is 13.2 Å². The van der Waals surface area contributed by atoms with E-state index in [-0.39, 0.29) is 4.90 Å². The van der Waals surface area contributed by atoms with Crippen molar-refractivity contribution < 1.29 is 13.2 Å². The fourth-order valence-corrected chi connectivity index (χ4v) is 3.18. The standard InChI is InChI=1S/C16H18BrNO3S/c17-14-8-10-16(11-9-14)22(19,20)18-12-4-5-13-21-15-6-2-1-3-7-15/h1-3,6-11,18H,4-5,12-13H2. The molecular formula is C16H18BrNO3S. The van der Waals surface area contributed by atoms with Gasteiger partial charge in [-0.3, -0.25) is 0 Å². The van der Waals surface area contributed by atoms with E-state index in [2.05, 4.69) is 20.7 Å². The van der Waals surface area contributed by atoms with Gasteiger partial charge in [0.25, 0.3) is 0 Å². The Labute approximate surface area is 139 Å². The second-order valence-corrected chi connectivity index (χ2v) is 7.40. The summed E-state index contributed by atoms with van der Waals surface area (Å²) in [7, 11) is -3.43. The topological polar surface area (TPSA) is 55.4 Å². The van der Waals surface area contributed by atoms with Crippen molar-refractivity contribution in [2.24, 2.45) is 0 Å². The van der Waals surface area contributed by atoms with E-state index in [1.807, 2.05) is 30.3 Å². The molecule has 0 aromatic heterocycles. The van der Waals surface area contributed by atoms with Crippen molar-refractivity contribution in [1.82, 2.24) is 4.72 Å². The molecular weight excluding hydrogens is 366 g/mol. The summed E-state index contributed by atoms with van der Waals surface area (Å²) in [5.74, 6) is 0.831. The van der Waals surface area contributed by atoms with E-state index in [1.165, 1.54) is 0 Å². The number of unbranched alkanes of at least 4 members (excludes halogenated alkanes) is 1. The van der Waals surface area contributed by atoms with Crippen LogP contribution in [-0.4, -0.2) is 21.6 Å². The van der Waals surface area contributed by atoms with Gasteiger partial charge in [-0.05, 0) is 49.2 Å². The zero-order valence-electron chi connectivity index (χ0n) is 12.0. The van der Waals surface area contributed by atoms with E-state index in [0.29, 0.717) is 13.2 Å². The minimum absolute atomic E-state index is 0.274. The van der Waals surface area contributed by atoms with E-state index < -0.39 is 10.0 Å². The zero-order valence-corrected chi connectivity index (χ0v) is 14.4. The van der Waals surface area contributed by atoms with E-state index in [0.717, 1.165) is 23.1 Å². The highest BCUT2D eigenvalue weighted by atomic mass is 79.9. The number of rotatable bonds is 8. The third-order valence-electron chi connectivity index (χ3n) is 3.00. The molecule has 2 aromatic carbocycles. The molecule has 0 saturated carbocycles. The largest absolute Gasteiger partial charge is 0.494 e. The van der Waals surface area contributed by atoms with Crippen molar-refractivity contribution in [3.8, 4) is 5.75 Å². The summed E-state index contributed by atoms with van der Waals surface area (Å²) in [4.78, 5) is 0.274. The number of nitrogens with one attached hydrogen (secondary N) is 1. The average Bonchev–Trinajstić information content (AvgIpc) is 2.52. The molecule has 2 rings (SSSR count). The van der Waals surface area contributed by atoms with Gasteiger partial charge in [-0.1, -0.05) is 34.1 Å². The van der Waals surface area contributed by atoms with Crippen molar-refractivity contribution in [3.63, 3.8) is 0 Å². The van der Waals surface area contributed by atoms with Crippen LogP contribution in [0, 0.1) is 0 Å². The predicted molar refractivity (Wildman–Crippen MR) is 90.5 cm³/mol. The molecule has 0 amide bonds. The van der Waals surface area contributed by atoms with Crippen LogP contribution in [-0.2, 0) is 10.0 Å². The molecule has 0 bridgehead atoms. The molecule has 0 aliphatic rings. The lowest BCUT2D eigenvalue weighted by molar-refractivity contribution is 0.307. The number of hydrogen-bond donors (Lipinski definition) is 1. The number of benzene rings is 2. The Morgan fingerprint density at radius 1 is 0.955 bits per heavy atom. The molecule has 0 spiro atoms. The molecule has 4 nitrogen and oxygen atoms in total. The highest BCUT2D eigenvalue weighted by Crippen LogP contribution is 2.14. The summed E-state index contributed by atoms with van der Waals surface area (Å²) in [5, 5.41) is 0. The molecule has 0 radical (unpaired) electrons. The molecule has 2 aromatic rings. The number of sulfonamides is 1. The van der Waals surface area contributed by atoms with Gasteiger partial charge < -0.3 is 4.74 Å². The number of halogens is 1. The summed E-state index contributed by atoms with van der Waals surface area (Å²) in [6, 6.07) is 16.1. The van der Waals surface area contributed by atoms with Crippen LogP contribution in [0.5, 0.6) is 5.75 Å². The quantitative estimate of drug-likeness (QED) is 0.708. The van der Waals surface area contributed by atoms with Crippen LogP contribution in [0.15, 0.2) is 64.0 Å². The van der Waals surface area contributed by atoms with Crippen LogP contribution >= 0.6 is 15.9 Å². The first kappa shape index (κ1) is 17.0. The lowest BCUT2D eigenvalue weighted by Gasteiger charge is -2.08. The van der Waals surface area contributed by atoms with Gasteiger partial charge in [0.1, 0.15) is 5.75 Å². The lowest BCUT2D eigenvalue weighted by atomic mass is 10.3. The number of hydrogen-bond acceptors (Lipinski definition) is 3. The van der Waals surface area contributed by atoms with Crippen LogP contribution in [0.3, 0.4) is 0 Å². The molecule has 0 fully saturated rings. The molecule has 0 aliphatic carbocycles. The second-order valence-electron chi connectivity index (χ2n) is 4.72. The number of para-hydroxylation sites is 1. The summed E-state index contributed by atoms with van der Waals surface area (Å²) in [6.45, 7) is 0.973. The van der Waals surface area contributed by atoms with E-state index in [1.54, 1.807) is 24.3 Å². The van der Waals surface area contributed by atoms with Crippen molar-refractivity contribution >= 4 is 26.0 Å².